The van der Waals surface area contributed by atoms with Gasteiger partial charge in [-0.05, 0) is 79.8 Å². The van der Waals surface area contributed by atoms with Crippen molar-refractivity contribution in [3.8, 4) is 17.0 Å². The molecule has 0 atom stereocenters. The number of anilines is 1. The van der Waals surface area contributed by atoms with Crippen LogP contribution in [0.2, 0.25) is 5.02 Å². The summed E-state index contributed by atoms with van der Waals surface area (Å²) in [4.78, 5) is 50.4. The number of nitrogens with one attached hydrogen (secondary N) is 1. The average Bonchev–Trinajstić information content (AvgIpc) is 3.95. The first kappa shape index (κ1) is 39.2. The molecule has 5 aromatic rings. The molecule has 304 valence electrons. The number of benzene rings is 2. The zero-order valence-corrected chi connectivity index (χ0v) is 32.6. The minimum absolute atomic E-state index is 0.0982. The van der Waals surface area contributed by atoms with Gasteiger partial charge in [0.25, 0.3) is 5.91 Å². The number of hydrogen-bond donors (Lipinski definition) is 1. The van der Waals surface area contributed by atoms with Crippen LogP contribution in [0.1, 0.15) is 48.0 Å². The largest absolute Gasteiger partial charge is 0.445 e. The molecule has 8 rings (SSSR count). The number of aromatic nitrogens is 5. The smallest absolute Gasteiger partial charge is 0.410 e. The van der Waals surface area contributed by atoms with E-state index in [2.05, 4.69) is 25.4 Å². The maximum Gasteiger partial charge on any atom is 0.410 e. The molecule has 3 aliphatic heterocycles. The molecule has 0 unspecified atom stereocenters. The number of carbonyl (C=O) groups is 3. The van der Waals surface area contributed by atoms with Gasteiger partial charge in [-0.3, -0.25) is 14.3 Å². The Hall–Kier alpha value is -5.61. The van der Waals surface area contributed by atoms with E-state index in [9.17, 15) is 23.2 Å². The highest BCUT2D eigenvalue weighted by Gasteiger charge is 2.42. The summed E-state index contributed by atoms with van der Waals surface area (Å²) in [6.07, 6.45) is 10.6. The molecule has 14 nitrogen and oxygen atoms in total. The van der Waals surface area contributed by atoms with Gasteiger partial charge in [-0.25, -0.2) is 14.3 Å². The summed E-state index contributed by atoms with van der Waals surface area (Å²) in [6, 6.07) is 15.5. The average molecular weight is 816 g/mol. The van der Waals surface area contributed by atoms with Crippen molar-refractivity contribution in [2.45, 2.75) is 51.9 Å². The Kier molecular flexibility index (Phi) is 11.6. The molecule has 3 aromatic heterocycles. The van der Waals surface area contributed by atoms with Crippen LogP contribution in [0, 0.1) is 11.3 Å². The number of halogens is 3. The lowest BCUT2D eigenvalue weighted by Gasteiger charge is -2.40. The number of likely N-dealkylation sites (tertiary alicyclic amines) is 3. The van der Waals surface area contributed by atoms with Crippen molar-refractivity contribution < 1.29 is 32.6 Å². The Bertz CT molecular complexity index is 2250. The Morgan fingerprint density at radius 3 is 2.52 bits per heavy atom. The van der Waals surface area contributed by atoms with Gasteiger partial charge < -0.3 is 29.5 Å². The van der Waals surface area contributed by atoms with Crippen molar-refractivity contribution in [2.24, 2.45) is 11.3 Å². The van der Waals surface area contributed by atoms with E-state index in [0.29, 0.717) is 37.7 Å². The quantitative estimate of drug-likeness (QED) is 0.159. The number of piperidine rings is 2. The van der Waals surface area contributed by atoms with Crippen molar-refractivity contribution in [1.82, 2.24) is 39.1 Å². The van der Waals surface area contributed by atoms with Gasteiger partial charge in [0, 0.05) is 68.4 Å². The summed E-state index contributed by atoms with van der Waals surface area (Å²) in [5.41, 5.74) is 2.00. The topological polar surface area (TPSA) is 139 Å². The van der Waals surface area contributed by atoms with Gasteiger partial charge >= 0.3 is 12.7 Å². The second kappa shape index (κ2) is 17.1. The molecule has 0 saturated carbocycles. The third kappa shape index (κ3) is 8.92. The fourth-order valence-electron chi connectivity index (χ4n) is 8.39. The number of ether oxygens (including phenoxy) is 2. The van der Waals surface area contributed by atoms with Gasteiger partial charge in [-0.1, -0.05) is 41.9 Å². The number of fused-ring (bicyclic) bond motifs is 1. The highest BCUT2D eigenvalue weighted by atomic mass is 35.5. The van der Waals surface area contributed by atoms with Crippen LogP contribution in [-0.4, -0.2) is 109 Å². The third-order valence-corrected chi connectivity index (χ3v) is 11.8. The van der Waals surface area contributed by atoms with Gasteiger partial charge in [0.15, 0.2) is 5.65 Å². The van der Waals surface area contributed by atoms with E-state index < -0.39 is 12.5 Å². The number of amides is 3. The standard InChI is InChI=1S/C41H44ClF2N9O5/c42-30-7-8-34(58-39(43)44)31(21-30)36-33(47-38(55)32-22-46-53-15-4-14-45-37(32)53)24-52(48-36)25-35(54)50-19-12-41(13-20-50)11-18-49(27-41)23-28-9-16-51(17-10-28)40(56)57-26-29-5-2-1-3-6-29/h1-8,14-15,21-22,24,28,39H,9-13,16-20,23,25-27H2,(H,47,55). The summed E-state index contributed by atoms with van der Waals surface area (Å²) in [6.45, 7) is 2.64. The number of rotatable bonds is 11. The van der Waals surface area contributed by atoms with Crippen molar-refractivity contribution >= 4 is 40.8 Å². The van der Waals surface area contributed by atoms with Crippen LogP contribution in [0.4, 0.5) is 19.3 Å². The van der Waals surface area contributed by atoms with Gasteiger partial charge in [-0.15, -0.1) is 0 Å². The predicted molar refractivity (Wildman–Crippen MR) is 210 cm³/mol. The molecule has 1 spiro atoms. The minimum atomic E-state index is -3.12. The molecule has 3 amide bonds. The van der Waals surface area contributed by atoms with Gasteiger partial charge in [0.2, 0.25) is 5.91 Å². The van der Waals surface area contributed by atoms with Crippen LogP contribution >= 0.6 is 11.6 Å². The molecule has 0 aliphatic carbocycles. The molecule has 58 heavy (non-hydrogen) atoms. The van der Waals surface area contributed by atoms with Gasteiger partial charge in [0.05, 0.1) is 11.9 Å². The lowest BCUT2D eigenvalue weighted by atomic mass is 9.77. The maximum absolute atomic E-state index is 13.7. The SMILES string of the molecule is O=C(Nc1cn(CC(=O)N2CCC3(CCN(CC4CCN(C(=O)OCc5ccccc5)CC4)C3)CC2)nc1-c1cc(Cl)ccc1OC(F)F)c1cnn2cccnc12. The molecular formula is C41H44ClF2N9O5. The van der Waals surface area contributed by atoms with Crippen molar-refractivity contribution in [2.75, 3.05) is 51.1 Å². The minimum Gasteiger partial charge on any atom is -0.445 e. The van der Waals surface area contributed by atoms with Crippen LogP contribution in [0.25, 0.3) is 16.9 Å². The van der Waals surface area contributed by atoms with Crippen molar-refractivity contribution in [3.63, 3.8) is 0 Å². The van der Waals surface area contributed by atoms with E-state index in [-0.39, 0.29) is 63.8 Å². The molecule has 0 bridgehead atoms. The molecular weight excluding hydrogens is 772 g/mol. The lowest BCUT2D eigenvalue weighted by molar-refractivity contribution is -0.134. The molecule has 1 N–H and O–H groups in total. The lowest BCUT2D eigenvalue weighted by Crippen LogP contribution is -2.46. The molecule has 3 aliphatic rings. The molecule has 6 heterocycles. The van der Waals surface area contributed by atoms with Crippen LogP contribution in [-0.2, 0) is 22.7 Å². The number of alkyl halides is 2. The number of carbonyl (C=O) groups excluding carboxylic acids is 3. The van der Waals surface area contributed by atoms with E-state index in [1.54, 1.807) is 12.3 Å². The second-order valence-corrected chi connectivity index (χ2v) is 15.8. The van der Waals surface area contributed by atoms with Crippen LogP contribution in [0.5, 0.6) is 5.75 Å². The van der Waals surface area contributed by atoms with Crippen LogP contribution < -0.4 is 10.1 Å². The maximum atomic E-state index is 13.7. The number of nitrogens with zero attached hydrogens (tertiary/aromatic N) is 8. The highest BCUT2D eigenvalue weighted by Crippen LogP contribution is 2.41. The first-order valence-electron chi connectivity index (χ1n) is 19.5. The third-order valence-electron chi connectivity index (χ3n) is 11.5. The first-order valence-corrected chi connectivity index (χ1v) is 19.9. The Morgan fingerprint density at radius 2 is 1.74 bits per heavy atom. The molecule has 3 fully saturated rings. The summed E-state index contributed by atoms with van der Waals surface area (Å²) in [5, 5.41) is 11.8. The molecule has 3 saturated heterocycles. The van der Waals surface area contributed by atoms with E-state index in [0.717, 1.165) is 57.3 Å². The zero-order chi connectivity index (χ0) is 40.2. The fraction of sp³-hybridized carbons (Fsp3) is 0.415. The monoisotopic (exact) mass is 815 g/mol. The Morgan fingerprint density at radius 1 is 0.966 bits per heavy atom. The Balaban J connectivity index is 0.871. The molecule has 2 aromatic carbocycles. The summed E-state index contributed by atoms with van der Waals surface area (Å²) < 4.78 is 40.1. The highest BCUT2D eigenvalue weighted by molar-refractivity contribution is 6.31. The first-order chi connectivity index (χ1) is 28.1. The van der Waals surface area contributed by atoms with E-state index in [1.807, 2.05) is 40.1 Å². The summed E-state index contributed by atoms with van der Waals surface area (Å²) in [7, 11) is 0. The van der Waals surface area contributed by atoms with E-state index >= 15 is 0 Å². The van der Waals surface area contributed by atoms with Gasteiger partial charge in [0.1, 0.15) is 30.2 Å². The van der Waals surface area contributed by atoms with E-state index in [4.69, 9.17) is 21.1 Å². The predicted octanol–water partition coefficient (Wildman–Crippen LogP) is 6.46. The Labute approximate surface area is 338 Å². The summed E-state index contributed by atoms with van der Waals surface area (Å²) in [5.74, 6) is -0.381. The number of hydrogen-bond acceptors (Lipinski definition) is 9. The molecule has 17 heteroatoms. The van der Waals surface area contributed by atoms with Crippen molar-refractivity contribution in [3.05, 3.63) is 95.5 Å². The second-order valence-electron chi connectivity index (χ2n) is 15.3. The fourth-order valence-corrected chi connectivity index (χ4v) is 8.56. The zero-order valence-electron chi connectivity index (χ0n) is 31.8. The van der Waals surface area contributed by atoms with Crippen LogP contribution in [0.15, 0.2) is 79.4 Å². The van der Waals surface area contributed by atoms with Gasteiger partial charge in [-0.2, -0.15) is 19.0 Å². The van der Waals surface area contributed by atoms with E-state index in [1.165, 1.54) is 46.0 Å². The molecule has 0 radical (unpaired) electrons. The van der Waals surface area contributed by atoms with Crippen molar-refractivity contribution in [1.29, 1.82) is 0 Å². The van der Waals surface area contributed by atoms with Crippen LogP contribution in [0.3, 0.4) is 0 Å². The normalized spacial score (nSPS) is 17.3. The summed E-state index contributed by atoms with van der Waals surface area (Å²) >= 11 is 6.29.